The van der Waals surface area contributed by atoms with Crippen LogP contribution in [-0.2, 0) is 17.6 Å². The maximum Gasteiger partial charge on any atom is 0.261 e. The highest BCUT2D eigenvalue weighted by atomic mass is 16.5. The molecule has 0 heterocycles. The molecule has 3 rings (SSSR count). The molecule has 0 spiro atoms. The van der Waals surface area contributed by atoms with E-state index < -0.39 is 6.10 Å². The highest BCUT2D eigenvalue weighted by molar-refractivity contribution is 5.81. The molecule has 2 aromatic rings. The van der Waals surface area contributed by atoms with Gasteiger partial charge in [-0.15, -0.1) is 0 Å². The smallest absolute Gasteiger partial charge is 0.261 e. The summed E-state index contributed by atoms with van der Waals surface area (Å²) < 4.78 is 11.9. The van der Waals surface area contributed by atoms with Crippen molar-refractivity contribution in [2.45, 2.75) is 71.9 Å². The molecule has 1 aliphatic rings. The number of hydrogen-bond donors (Lipinski definition) is 1. The second-order valence-electron chi connectivity index (χ2n) is 8.12. The highest BCUT2D eigenvalue weighted by Crippen LogP contribution is 2.26. The fourth-order valence-electron chi connectivity index (χ4n) is 3.67. The van der Waals surface area contributed by atoms with Gasteiger partial charge in [-0.05, 0) is 99.4 Å². The first kappa shape index (κ1) is 21.2. The molecule has 0 bridgehead atoms. The van der Waals surface area contributed by atoms with Gasteiger partial charge in [0.15, 0.2) is 6.10 Å². The van der Waals surface area contributed by atoms with E-state index in [4.69, 9.17) is 9.47 Å². The van der Waals surface area contributed by atoms with Crippen molar-refractivity contribution >= 4 is 5.91 Å². The molecule has 2 unspecified atom stereocenters. The number of hydrogen-bond acceptors (Lipinski definition) is 3. The van der Waals surface area contributed by atoms with Crippen molar-refractivity contribution in [2.75, 3.05) is 6.61 Å². The van der Waals surface area contributed by atoms with Gasteiger partial charge in [0, 0.05) is 0 Å². The van der Waals surface area contributed by atoms with E-state index in [2.05, 4.69) is 31.3 Å². The summed E-state index contributed by atoms with van der Waals surface area (Å²) in [5.74, 6) is 1.51. The topological polar surface area (TPSA) is 47.6 Å². The Balaban J connectivity index is 1.52. The fourth-order valence-corrected chi connectivity index (χ4v) is 3.67. The first-order chi connectivity index (χ1) is 14.0. The minimum atomic E-state index is -0.499. The van der Waals surface area contributed by atoms with Crippen molar-refractivity contribution in [3.8, 4) is 11.5 Å². The third kappa shape index (κ3) is 5.75. The summed E-state index contributed by atoms with van der Waals surface area (Å²) in [6, 6.07) is 12.2. The number of nitrogens with one attached hydrogen (secondary N) is 1. The number of amides is 1. The van der Waals surface area contributed by atoms with Crippen LogP contribution < -0.4 is 14.8 Å². The van der Waals surface area contributed by atoms with Crippen molar-refractivity contribution in [1.82, 2.24) is 5.32 Å². The zero-order chi connectivity index (χ0) is 20.8. The molecule has 0 aliphatic heterocycles. The van der Waals surface area contributed by atoms with Gasteiger partial charge in [-0.3, -0.25) is 4.79 Å². The molecule has 29 heavy (non-hydrogen) atoms. The van der Waals surface area contributed by atoms with Crippen LogP contribution in [0.5, 0.6) is 11.5 Å². The number of ether oxygens (including phenoxy) is 2. The van der Waals surface area contributed by atoms with Crippen LogP contribution in [0.3, 0.4) is 0 Å². The standard InChI is InChI=1S/C25H33NO3/c1-5-24(29-23-13-11-20-8-6-7-9-21(20)15-23)25(27)26-19(4)16-28-22-12-10-17(2)18(3)14-22/h10-15,19,24H,5-9,16H2,1-4H3,(H,26,27). The lowest BCUT2D eigenvalue weighted by Gasteiger charge is -2.22. The Morgan fingerprint density at radius 1 is 1.00 bits per heavy atom. The Hall–Kier alpha value is -2.49. The summed E-state index contributed by atoms with van der Waals surface area (Å²) in [6.07, 6.45) is 4.85. The molecule has 0 aromatic heterocycles. The van der Waals surface area contributed by atoms with Gasteiger partial charge < -0.3 is 14.8 Å². The number of aryl methyl sites for hydroxylation is 4. The van der Waals surface area contributed by atoms with Gasteiger partial charge in [0.2, 0.25) is 0 Å². The third-order valence-electron chi connectivity index (χ3n) is 5.63. The van der Waals surface area contributed by atoms with Crippen LogP contribution in [0.25, 0.3) is 0 Å². The predicted octanol–water partition coefficient (Wildman–Crippen LogP) is 4.92. The second-order valence-corrected chi connectivity index (χ2v) is 8.12. The summed E-state index contributed by atoms with van der Waals surface area (Å²) >= 11 is 0. The fraction of sp³-hybridized carbons (Fsp3) is 0.480. The predicted molar refractivity (Wildman–Crippen MR) is 117 cm³/mol. The van der Waals surface area contributed by atoms with E-state index in [-0.39, 0.29) is 11.9 Å². The molecule has 1 N–H and O–H groups in total. The van der Waals surface area contributed by atoms with Crippen LogP contribution in [0.4, 0.5) is 0 Å². The van der Waals surface area contributed by atoms with Gasteiger partial charge in [-0.25, -0.2) is 0 Å². The Kier molecular flexibility index (Phi) is 7.18. The van der Waals surface area contributed by atoms with Gasteiger partial charge >= 0.3 is 0 Å². The molecule has 0 saturated carbocycles. The zero-order valence-electron chi connectivity index (χ0n) is 18.1. The molecule has 0 radical (unpaired) electrons. The van der Waals surface area contributed by atoms with Crippen molar-refractivity contribution < 1.29 is 14.3 Å². The Morgan fingerprint density at radius 3 is 2.45 bits per heavy atom. The molecule has 4 nitrogen and oxygen atoms in total. The van der Waals surface area contributed by atoms with Crippen LogP contribution in [0.1, 0.15) is 55.4 Å². The molecule has 2 atom stereocenters. The largest absolute Gasteiger partial charge is 0.491 e. The van der Waals surface area contributed by atoms with Crippen LogP contribution >= 0.6 is 0 Å². The molecule has 2 aromatic carbocycles. The van der Waals surface area contributed by atoms with E-state index in [0.29, 0.717) is 13.0 Å². The van der Waals surface area contributed by atoms with Gasteiger partial charge in [0.25, 0.3) is 5.91 Å². The van der Waals surface area contributed by atoms with E-state index >= 15 is 0 Å². The third-order valence-corrected chi connectivity index (χ3v) is 5.63. The lowest BCUT2D eigenvalue weighted by molar-refractivity contribution is -0.128. The summed E-state index contributed by atoms with van der Waals surface area (Å²) in [7, 11) is 0. The maximum absolute atomic E-state index is 12.7. The molecule has 0 fully saturated rings. The van der Waals surface area contributed by atoms with Crippen molar-refractivity contribution in [3.63, 3.8) is 0 Å². The van der Waals surface area contributed by atoms with E-state index in [1.807, 2.05) is 38.1 Å². The second kappa shape index (κ2) is 9.82. The molecule has 156 valence electrons. The van der Waals surface area contributed by atoms with E-state index in [1.54, 1.807) is 0 Å². The Labute approximate surface area is 174 Å². The van der Waals surface area contributed by atoms with Gasteiger partial charge in [-0.2, -0.15) is 0 Å². The lowest BCUT2D eigenvalue weighted by atomic mass is 9.92. The van der Waals surface area contributed by atoms with Crippen LogP contribution in [-0.4, -0.2) is 24.7 Å². The molecular weight excluding hydrogens is 362 g/mol. The lowest BCUT2D eigenvalue weighted by Crippen LogP contribution is -2.44. The highest BCUT2D eigenvalue weighted by Gasteiger charge is 2.21. The van der Waals surface area contributed by atoms with Crippen LogP contribution in [0, 0.1) is 13.8 Å². The summed E-state index contributed by atoms with van der Waals surface area (Å²) in [6.45, 7) is 8.49. The van der Waals surface area contributed by atoms with Gasteiger partial charge in [0.1, 0.15) is 18.1 Å². The van der Waals surface area contributed by atoms with Crippen molar-refractivity contribution in [1.29, 1.82) is 0 Å². The van der Waals surface area contributed by atoms with Crippen molar-refractivity contribution in [3.05, 3.63) is 58.7 Å². The first-order valence-electron chi connectivity index (χ1n) is 10.7. The number of rotatable bonds is 8. The number of carbonyl (C=O) groups excluding carboxylic acids is 1. The first-order valence-corrected chi connectivity index (χ1v) is 10.7. The van der Waals surface area contributed by atoms with E-state index in [0.717, 1.165) is 24.3 Å². The molecule has 0 saturated heterocycles. The Morgan fingerprint density at radius 2 is 1.72 bits per heavy atom. The average molecular weight is 396 g/mol. The monoisotopic (exact) mass is 395 g/mol. The number of carbonyl (C=O) groups is 1. The minimum absolute atomic E-state index is 0.0959. The molecule has 1 aliphatic carbocycles. The molecular formula is C25H33NO3. The van der Waals surface area contributed by atoms with E-state index in [9.17, 15) is 4.79 Å². The zero-order valence-corrected chi connectivity index (χ0v) is 18.1. The molecule has 4 heteroatoms. The number of fused-ring (bicyclic) bond motifs is 1. The summed E-state index contributed by atoms with van der Waals surface area (Å²) in [5.41, 5.74) is 5.21. The normalized spacial score (nSPS) is 15.2. The van der Waals surface area contributed by atoms with Gasteiger partial charge in [0.05, 0.1) is 6.04 Å². The minimum Gasteiger partial charge on any atom is -0.491 e. The Bertz CT molecular complexity index is 846. The molecule has 1 amide bonds. The number of benzene rings is 2. The summed E-state index contributed by atoms with van der Waals surface area (Å²) in [4.78, 5) is 12.7. The SMILES string of the molecule is CCC(Oc1ccc2c(c1)CCCC2)C(=O)NC(C)COc1ccc(C)c(C)c1. The summed E-state index contributed by atoms with van der Waals surface area (Å²) in [5, 5.41) is 3.02. The van der Waals surface area contributed by atoms with Crippen LogP contribution in [0.2, 0.25) is 0 Å². The van der Waals surface area contributed by atoms with Gasteiger partial charge in [-0.1, -0.05) is 19.1 Å². The van der Waals surface area contributed by atoms with Crippen molar-refractivity contribution in [2.24, 2.45) is 0 Å². The quantitative estimate of drug-likeness (QED) is 0.690. The van der Waals surface area contributed by atoms with E-state index in [1.165, 1.54) is 35.1 Å². The maximum atomic E-state index is 12.7. The average Bonchev–Trinajstić information content (AvgIpc) is 2.72. The van der Waals surface area contributed by atoms with Crippen LogP contribution in [0.15, 0.2) is 36.4 Å².